The molecule has 2 amide bonds. The minimum Gasteiger partial charge on any atom is -0.508 e. The van der Waals surface area contributed by atoms with Crippen molar-refractivity contribution in [1.29, 1.82) is 0 Å². The highest BCUT2D eigenvalue weighted by Gasteiger charge is 2.38. The number of carbonyl (C=O) groups excluding carboxylic acids is 2. The van der Waals surface area contributed by atoms with Gasteiger partial charge in [-0.15, -0.1) is 0 Å². The second kappa shape index (κ2) is 6.74. The molecule has 6 nitrogen and oxygen atoms in total. The number of aliphatic hydroxyl groups is 1. The molecule has 2 atom stereocenters. The lowest BCUT2D eigenvalue weighted by atomic mass is 10.1. The number of nitrogens with zero attached hydrogens (tertiary/aromatic N) is 1. The van der Waals surface area contributed by atoms with E-state index in [1.807, 2.05) is 0 Å². The van der Waals surface area contributed by atoms with E-state index in [0.717, 1.165) is 0 Å². The van der Waals surface area contributed by atoms with Crippen LogP contribution in [0, 0.1) is 0 Å². The lowest BCUT2D eigenvalue weighted by Gasteiger charge is -2.22. The van der Waals surface area contributed by atoms with E-state index in [0.29, 0.717) is 24.2 Å². The molecule has 0 radical (unpaired) electrons. The van der Waals surface area contributed by atoms with Gasteiger partial charge in [0.25, 0.3) is 0 Å². The second-order valence-corrected chi connectivity index (χ2v) is 5.77. The Kier molecular flexibility index (Phi) is 4.97. The quantitative estimate of drug-likeness (QED) is 0.589. The van der Waals surface area contributed by atoms with Gasteiger partial charge in [0, 0.05) is 23.0 Å². The van der Waals surface area contributed by atoms with Gasteiger partial charge in [0.2, 0.25) is 5.91 Å². The Morgan fingerprint density at radius 3 is 2.86 bits per heavy atom. The summed E-state index contributed by atoms with van der Waals surface area (Å²) >= 11 is 4.33. The largest absolute Gasteiger partial charge is 0.508 e. The Labute approximate surface area is 134 Å². The third kappa shape index (κ3) is 3.54. The van der Waals surface area contributed by atoms with E-state index in [-0.39, 0.29) is 16.9 Å². The highest BCUT2D eigenvalue weighted by molar-refractivity contribution is 7.81. The number of hydrogen-bond acceptors (Lipinski definition) is 5. The van der Waals surface area contributed by atoms with E-state index < -0.39 is 12.1 Å². The number of anilines is 1. The number of hydrogen-bond donors (Lipinski definition) is 3. The van der Waals surface area contributed by atoms with Gasteiger partial charge in [-0.1, -0.05) is 18.7 Å². The number of nitrogens with one attached hydrogen (secondary N) is 1. The predicted octanol–water partition coefficient (Wildman–Crippen LogP) is 2.29. The molecule has 1 saturated heterocycles. The van der Waals surface area contributed by atoms with Gasteiger partial charge >= 0.3 is 6.09 Å². The monoisotopic (exact) mass is 322 g/mol. The lowest BCUT2D eigenvalue weighted by Crippen LogP contribution is -2.43. The Hall–Kier alpha value is -2.15. The van der Waals surface area contributed by atoms with Crippen LogP contribution in [-0.2, 0) is 9.53 Å². The molecule has 1 aromatic carbocycles. The predicted molar refractivity (Wildman–Crippen MR) is 87.0 cm³/mol. The van der Waals surface area contributed by atoms with Crippen LogP contribution < -0.4 is 5.32 Å². The van der Waals surface area contributed by atoms with Crippen molar-refractivity contribution in [2.24, 2.45) is 0 Å². The van der Waals surface area contributed by atoms with Crippen LogP contribution >= 0.6 is 12.6 Å². The average Bonchev–Trinajstić information content (AvgIpc) is 2.88. The maximum Gasteiger partial charge on any atom is 0.410 e. The summed E-state index contributed by atoms with van der Waals surface area (Å²) in [6.07, 6.45) is -0.0922. The van der Waals surface area contributed by atoms with E-state index in [1.165, 1.54) is 12.0 Å². The zero-order chi connectivity index (χ0) is 16.3. The number of ether oxygens (including phenoxy) is 1. The Morgan fingerprint density at radius 2 is 2.23 bits per heavy atom. The van der Waals surface area contributed by atoms with Gasteiger partial charge in [-0.2, -0.15) is 12.6 Å². The first-order valence-electron chi connectivity index (χ1n) is 6.74. The number of carbonyl (C=O) groups is 2. The molecule has 1 fully saturated rings. The zero-order valence-electron chi connectivity index (χ0n) is 12.2. The van der Waals surface area contributed by atoms with Crippen molar-refractivity contribution in [3.05, 3.63) is 36.4 Å². The molecule has 0 saturated carbocycles. The highest BCUT2D eigenvalue weighted by Crippen LogP contribution is 2.24. The summed E-state index contributed by atoms with van der Waals surface area (Å²) in [6, 6.07) is 6.05. The molecule has 0 spiro atoms. The molecule has 0 aliphatic carbocycles. The smallest absolute Gasteiger partial charge is 0.410 e. The van der Waals surface area contributed by atoms with Crippen LogP contribution in [0.3, 0.4) is 0 Å². The summed E-state index contributed by atoms with van der Waals surface area (Å²) in [5.41, 5.74) is 1.03. The molecule has 7 heteroatoms. The second-order valence-electron chi connectivity index (χ2n) is 5.04. The molecule has 1 aliphatic rings. The fourth-order valence-corrected chi connectivity index (χ4v) is 2.76. The number of likely N-dealkylation sites (tertiary alicyclic amines) is 1. The fraction of sp³-hybridized carbons (Fsp3) is 0.333. The van der Waals surface area contributed by atoms with Gasteiger partial charge in [-0.25, -0.2) is 4.79 Å². The van der Waals surface area contributed by atoms with E-state index >= 15 is 0 Å². The third-order valence-electron chi connectivity index (χ3n) is 3.45. The lowest BCUT2D eigenvalue weighted by molar-refractivity contribution is -0.119. The molecule has 22 heavy (non-hydrogen) atoms. The first-order chi connectivity index (χ1) is 10.4. The first-order valence-corrected chi connectivity index (χ1v) is 7.26. The molecule has 1 heterocycles. The summed E-state index contributed by atoms with van der Waals surface area (Å²) in [7, 11) is 1.28. The number of thiol groups is 1. The van der Waals surface area contributed by atoms with Crippen molar-refractivity contribution < 1.29 is 19.4 Å². The minimum absolute atomic E-state index is 0.0709. The summed E-state index contributed by atoms with van der Waals surface area (Å²) in [5, 5.41) is 12.1. The number of aliphatic hydroxyl groups excluding tert-OH is 1. The van der Waals surface area contributed by atoms with E-state index in [2.05, 4.69) is 24.5 Å². The van der Waals surface area contributed by atoms with Crippen LogP contribution in [0.2, 0.25) is 0 Å². The summed E-state index contributed by atoms with van der Waals surface area (Å²) in [6.45, 7) is 3.81. The molecule has 2 rings (SSSR count). The summed E-state index contributed by atoms with van der Waals surface area (Å²) < 4.78 is 4.69. The number of rotatable bonds is 3. The Bertz CT molecular complexity index is 605. The van der Waals surface area contributed by atoms with Crippen molar-refractivity contribution in [1.82, 2.24) is 4.90 Å². The average molecular weight is 322 g/mol. The standard InChI is InChI=1S/C15H18N2O4S/c1-9(18)10-4-3-5-11(6-10)16-14(19)13-7-12(22)8-17(13)15(20)21-2/h3-6,12-13,18,22H,1,7-8H2,2H3,(H,16,19)/t12-,13-/m0/s1. The topological polar surface area (TPSA) is 78.9 Å². The molecular weight excluding hydrogens is 304 g/mol. The minimum atomic E-state index is -0.629. The molecule has 2 N–H and O–H groups in total. The molecule has 1 aliphatic heterocycles. The van der Waals surface area contributed by atoms with Crippen molar-refractivity contribution >= 4 is 36.1 Å². The normalized spacial score (nSPS) is 20.5. The Balaban J connectivity index is 2.12. The number of benzene rings is 1. The maximum absolute atomic E-state index is 12.4. The van der Waals surface area contributed by atoms with Crippen molar-refractivity contribution in [3.8, 4) is 0 Å². The van der Waals surface area contributed by atoms with Crippen molar-refractivity contribution in [2.75, 3.05) is 19.0 Å². The van der Waals surface area contributed by atoms with Crippen LogP contribution in [0.25, 0.3) is 5.76 Å². The van der Waals surface area contributed by atoms with Crippen LogP contribution in [0.4, 0.5) is 10.5 Å². The van der Waals surface area contributed by atoms with E-state index in [1.54, 1.807) is 24.3 Å². The molecule has 0 bridgehead atoms. The van der Waals surface area contributed by atoms with E-state index in [9.17, 15) is 14.7 Å². The van der Waals surface area contributed by atoms with Gasteiger partial charge < -0.3 is 15.2 Å². The fourth-order valence-electron chi connectivity index (χ4n) is 2.38. The third-order valence-corrected chi connectivity index (χ3v) is 3.83. The molecule has 118 valence electrons. The SMILES string of the molecule is C=C(O)c1cccc(NC(=O)[C@@H]2C[C@H](S)CN2C(=O)OC)c1. The maximum atomic E-state index is 12.4. The molecular formula is C15H18N2O4S. The Morgan fingerprint density at radius 1 is 1.50 bits per heavy atom. The van der Waals surface area contributed by atoms with Crippen LogP contribution in [-0.4, -0.2) is 47.0 Å². The number of methoxy groups -OCH3 is 1. The van der Waals surface area contributed by atoms with Crippen molar-refractivity contribution in [2.45, 2.75) is 17.7 Å². The van der Waals surface area contributed by atoms with Gasteiger partial charge in [0.05, 0.1) is 7.11 Å². The van der Waals surface area contributed by atoms with Gasteiger partial charge in [-0.3, -0.25) is 9.69 Å². The summed E-state index contributed by atoms with van der Waals surface area (Å²) in [4.78, 5) is 25.5. The molecule has 0 aromatic heterocycles. The van der Waals surface area contributed by atoms with Crippen LogP contribution in [0.15, 0.2) is 30.8 Å². The van der Waals surface area contributed by atoms with Gasteiger partial charge in [-0.05, 0) is 18.6 Å². The summed E-state index contributed by atoms with van der Waals surface area (Å²) in [5.74, 6) is -0.397. The van der Waals surface area contributed by atoms with Gasteiger partial charge in [0.1, 0.15) is 11.8 Å². The first kappa shape index (κ1) is 16.2. The number of amides is 2. The van der Waals surface area contributed by atoms with Crippen molar-refractivity contribution in [3.63, 3.8) is 0 Å². The zero-order valence-corrected chi connectivity index (χ0v) is 13.0. The van der Waals surface area contributed by atoms with Gasteiger partial charge in [0.15, 0.2) is 0 Å². The van der Waals surface area contributed by atoms with Crippen LogP contribution in [0.1, 0.15) is 12.0 Å². The molecule has 0 unspecified atom stereocenters. The van der Waals surface area contributed by atoms with E-state index in [4.69, 9.17) is 4.74 Å². The molecule has 1 aromatic rings. The van der Waals surface area contributed by atoms with Crippen LogP contribution in [0.5, 0.6) is 0 Å². The highest BCUT2D eigenvalue weighted by atomic mass is 32.1.